The molecule has 0 radical (unpaired) electrons. The Hall–Kier alpha value is -2.37. The Balaban J connectivity index is 1.68. The normalized spacial score (nSPS) is 20.3. The van der Waals surface area contributed by atoms with Crippen molar-refractivity contribution in [1.29, 1.82) is 0 Å². The highest BCUT2D eigenvalue weighted by Crippen LogP contribution is 2.29. The number of ether oxygens (including phenoxy) is 1. The summed E-state index contributed by atoms with van der Waals surface area (Å²) in [5.74, 6) is 0.0129. The van der Waals surface area contributed by atoms with Crippen molar-refractivity contribution in [3.8, 4) is 0 Å². The van der Waals surface area contributed by atoms with E-state index in [2.05, 4.69) is 5.32 Å². The van der Waals surface area contributed by atoms with Gasteiger partial charge < -0.3 is 15.0 Å². The maximum atomic E-state index is 12.6. The number of nitrogens with zero attached hydrogens (tertiary/aromatic N) is 1. The van der Waals surface area contributed by atoms with Gasteiger partial charge in [-0.15, -0.1) is 0 Å². The van der Waals surface area contributed by atoms with Crippen LogP contribution in [0.5, 0.6) is 0 Å². The number of fused-ring (bicyclic) bond motifs is 1. The van der Waals surface area contributed by atoms with Gasteiger partial charge in [-0.2, -0.15) is 0 Å². The number of nitrogens with one attached hydrogen (secondary N) is 1. The summed E-state index contributed by atoms with van der Waals surface area (Å²) in [4.78, 5) is 37.8. The number of hydrogen-bond acceptors (Lipinski definition) is 4. The highest BCUT2D eigenvalue weighted by atomic mass is 16.6. The second-order valence-corrected chi connectivity index (χ2v) is 7.24. The molecule has 1 aromatic rings. The van der Waals surface area contributed by atoms with Crippen LogP contribution in [0.25, 0.3) is 0 Å². The molecular formula is C18H22N2O4. The van der Waals surface area contributed by atoms with Crippen LogP contribution in [0.2, 0.25) is 0 Å². The van der Waals surface area contributed by atoms with E-state index in [0.29, 0.717) is 19.4 Å². The topological polar surface area (TPSA) is 75.7 Å². The first-order valence-electron chi connectivity index (χ1n) is 8.21. The van der Waals surface area contributed by atoms with Gasteiger partial charge in [0.25, 0.3) is 0 Å². The summed E-state index contributed by atoms with van der Waals surface area (Å²) in [6.07, 6.45) is 1.22. The number of ketones is 1. The summed E-state index contributed by atoms with van der Waals surface area (Å²) < 4.78 is 5.20. The molecule has 24 heavy (non-hydrogen) atoms. The number of rotatable bonds is 2. The van der Waals surface area contributed by atoms with Crippen LogP contribution in [0.1, 0.15) is 49.5 Å². The molecule has 2 amide bonds. The predicted molar refractivity (Wildman–Crippen MR) is 89.2 cm³/mol. The quantitative estimate of drug-likeness (QED) is 0.904. The first kappa shape index (κ1) is 16.5. The maximum Gasteiger partial charge on any atom is 0.408 e. The molecular weight excluding hydrogens is 308 g/mol. The van der Waals surface area contributed by atoms with Crippen molar-refractivity contribution in [2.75, 3.05) is 11.4 Å². The Morgan fingerprint density at radius 3 is 2.71 bits per heavy atom. The van der Waals surface area contributed by atoms with Crippen LogP contribution in [-0.2, 0) is 16.0 Å². The molecule has 1 saturated heterocycles. The molecule has 6 heteroatoms. The van der Waals surface area contributed by atoms with Gasteiger partial charge in [0.15, 0.2) is 5.78 Å². The Morgan fingerprint density at radius 2 is 2.00 bits per heavy atom. The molecule has 0 bridgehead atoms. The smallest absolute Gasteiger partial charge is 0.408 e. The number of carbonyl (C=O) groups excluding carboxylic acids is 3. The highest BCUT2D eigenvalue weighted by Gasteiger charge is 2.35. The highest BCUT2D eigenvalue weighted by molar-refractivity contribution is 6.03. The van der Waals surface area contributed by atoms with Crippen LogP contribution in [0, 0.1) is 0 Å². The zero-order valence-corrected chi connectivity index (χ0v) is 14.2. The van der Waals surface area contributed by atoms with Crippen LogP contribution in [0.4, 0.5) is 10.5 Å². The molecule has 1 fully saturated rings. The number of alkyl carbamates (subject to hydrolysis) is 1. The minimum Gasteiger partial charge on any atom is -0.444 e. The lowest BCUT2D eigenvalue weighted by molar-refractivity contribution is -0.118. The van der Waals surface area contributed by atoms with E-state index < -0.39 is 17.7 Å². The lowest BCUT2D eigenvalue weighted by atomic mass is 10.1. The third-order valence-corrected chi connectivity index (χ3v) is 4.22. The Labute approximate surface area is 141 Å². The lowest BCUT2D eigenvalue weighted by Gasteiger charge is -2.22. The van der Waals surface area contributed by atoms with Crippen LogP contribution in [-0.4, -0.2) is 36.0 Å². The van der Waals surface area contributed by atoms with Crippen LogP contribution >= 0.6 is 0 Å². The van der Waals surface area contributed by atoms with Gasteiger partial charge in [-0.1, -0.05) is 0 Å². The van der Waals surface area contributed by atoms with Crippen LogP contribution in [0.3, 0.4) is 0 Å². The van der Waals surface area contributed by atoms with Crippen LogP contribution < -0.4 is 10.2 Å². The molecule has 0 saturated carbocycles. The molecule has 1 heterocycles. The molecule has 1 aliphatic heterocycles. The average Bonchev–Trinajstić information content (AvgIpc) is 3.01. The van der Waals surface area contributed by atoms with Crippen molar-refractivity contribution in [2.24, 2.45) is 0 Å². The number of anilines is 1. The SMILES string of the molecule is CC(C)(C)OC(=O)N[C@H]1CCN(c2ccc3c(c2)CCC3=O)C1=O. The van der Waals surface area contributed by atoms with E-state index in [1.807, 2.05) is 6.07 Å². The molecule has 6 nitrogen and oxygen atoms in total. The van der Waals surface area contributed by atoms with Crippen molar-refractivity contribution in [1.82, 2.24) is 5.32 Å². The van der Waals surface area contributed by atoms with Crippen LogP contribution in [0.15, 0.2) is 18.2 Å². The van der Waals surface area contributed by atoms with Gasteiger partial charge in [-0.05, 0) is 57.4 Å². The summed E-state index contributed by atoms with van der Waals surface area (Å²) in [5, 5.41) is 2.64. The first-order valence-corrected chi connectivity index (χ1v) is 8.21. The molecule has 0 spiro atoms. The van der Waals surface area contributed by atoms with E-state index >= 15 is 0 Å². The Kier molecular flexibility index (Phi) is 4.07. The fourth-order valence-electron chi connectivity index (χ4n) is 3.13. The third kappa shape index (κ3) is 3.27. The Morgan fingerprint density at radius 1 is 1.25 bits per heavy atom. The molecule has 1 atom stereocenters. The fourth-order valence-corrected chi connectivity index (χ4v) is 3.13. The average molecular weight is 330 g/mol. The number of aryl methyl sites for hydroxylation is 1. The summed E-state index contributed by atoms with van der Waals surface area (Å²) in [7, 11) is 0. The summed E-state index contributed by atoms with van der Waals surface area (Å²) in [6.45, 7) is 5.87. The number of amides is 2. The van der Waals surface area contributed by atoms with Gasteiger partial charge >= 0.3 is 6.09 Å². The second-order valence-electron chi connectivity index (χ2n) is 7.24. The van der Waals surface area contributed by atoms with Gasteiger partial charge in [-0.3, -0.25) is 9.59 Å². The fraction of sp³-hybridized carbons (Fsp3) is 0.500. The van der Waals surface area contributed by atoms with Gasteiger partial charge in [0.05, 0.1) is 0 Å². The largest absolute Gasteiger partial charge is 0.444 e. The zero-order valence-electron chi connectivity index (χ0n) is 14.2. The van der Waals surface area contributed by atoms with Crippen molar-refractivity contribution in [3.05, 3.63) is 29.3 Å². The molecule has 1 aliphatic carbocycles. The summed E-state index contributed by atoms with van der Waals surface area (Å²) >= 11 is 0. The molecule has 0 aromatic heterocycles. The van der Waals surface area contributed by atoms with E-state index in [0.717, 1.165) is 23.2 Å². The molecule has 0 unspecified atom stereocenters. The van der Waals surface area contributed by atoms with E-state index in [1.165, 1.54) is 0 Å². The monoisotopic (exact) mass is 330 g/mol. The van der Waals surface area contributed by atoms with E-state index in [4.69, 9.17) is 4.74 Å². The first-order chi connectivity index (χ1) is 11.2. The summed E-state index contributed by atoms with van der Waals surface area (Å²) in [5.41, 5.74) is 1.93. The number of Topliss-reactive ketones (excluding diaryl/α,β-unsaturated/α-hetero) is 1. The maximum absolute atomic E-state index is 12.6. The number of benzene rings is 1. The lowest BCUT2D eigenvalue weighted by Crippen LogP contribution is -2.43. The minimum atomic E-state index is -0.599. The number of carbonyl (C=O) groups is 3. The zero-order chi connectivity index (χ0) is 17.5. The number of hydrogen-bond donors (Lipinski definition) is 1. The van der Waals surface area contributed by atoms with Crippen molar-refractivity contribution < 1.29 is 19.1 Å². The molecule has 3 rings (SSSR count). The molecule has 2 aliphatic rings. The van der Waals surface area contributed by atoms with Gasteiger partial charge in [-0.25, -0.2) is 4.79 Å². The Bertz CT molecular complexity index is 705. The predicted octanol–water partition coefficient (Wildman–Crippen LogP) is 2.45. The molecule has 1 aromatic carbocycles. The van der Waals surface area contributed by atoms with E-state index in [9.17, 15) is 14.4 Å². The molecule has 128 valence electrons. The second kappa shape index (κ2) is 5.92. The van der Waals surface area contributed by atoms with Crippen molar-refractivity contribution >= 4 is 23.5 Å². The summed E-state index contributed by atoms with van der Waals surface area (Å²) in [6, 6.07) is 4.93. The van der Waals surface area contributed by atoms with E-state index in [1.54, 1.807) is 37.8 Å². The standard InChI is InChI=1S/C18H22N2O4/c1-18(2,3)24-17(23)19-14-8-9-20(16(14)22)12-5-6-13-11(10-12)4-7-15(13)21/h5-6,10,14H,4,7-9H2,1-3H3,(H,19,23)/t14-/m0/s1. The van der Waals surface area contributed by atoms with Gasteiger partial charge in [0.1, 0.15) is 11.6 Å². The van der Waals surface area contributed by atoms with Crippen molar-refractivity contribution in [3.63, 3.8) is 0 Å². The van der Waals surface area contributed by atoms with Gasteiger partial charge in [0.2, 0.25) is 5.91 Å². The third-order valence-electron chi connectivity index (χ3n) is 4.22. The van der Waals surface area contributed by atoms with Gasteiger partial charge in [0, 0.05) is 24.2 Å². The molecule has 1 N–H and O–H groups in total. The van der Waals surface area contributed by atoms with Crippen molar-refractivity contribution in [2.45, 2.75) is 51.7 Å². The van der Waals surface area contributed by atoms with E-state index in [-0.39, 0.29) is 11.7 Å². The minimum absolute atomic E-state index is 0.148.